The van der Waals surface area contributed by atoms with Gasteiger partial charge < -0.3 is 14.8 Å². The zero-order valence-corrected chi connectivity index (χ0v) is 12.7. The first kappa shape index (κ1) is 14.2. The summed E-state index contributed by atoms with van der Waals surface area (Å²) in [5, 5.41) is 3.63. The Bertz CT molecular complexity index is 454. The van der Waals surface area contributed by atoms with Gasteiger partial charge in [0, 0.05) is 17.2 Å². The van der Waals surface area contributed by atoms with Crippen LogP contribution < -0.4 is 14.8 Å². The van der Waals surface area contributed by atoms with Crippen LogP contribution in [0.5, 0.6) is 11.5 Å². The smallest absolute Gasteiger partial charge is 0.124 e. The van der Waals surface area contributed by atoms with Crippen molar-refractivity contribution in [1.82, 2.24) is 5.32 Å². The van der Waals surface area contributed by atoms with Gasteiger partial charge in [0.15, 0.2) is 0 Å². The Morgan fingerprint density at radius 3 is 2.42 bits per heavy atom. The van der Waals surface area contributed by atoms with Crippen LogP contribution >= 0.6 is 0 Å². The van der Waals surface area contributed by atoms with Gasteiger partial charge in [-0.25, -0.2) is 0 Å². The number of ether oxygens (including phenoxy) is 2. The predicted octanol–water partition coefficient (Wildman–Crippen LogP) is 3.43. The molecule has 1 atom stereocenters. The summed E-state index contributed by atoms with van der Waals surface area (Å²) >= 11 is 0. The van der Waals surface area contributed by atoms with E-state index in [-0.39, 0.29) is 5.41 Å². The zero-order valence-electron chi connectivity index (χ0n) is 12.7. The van der Waals surface area contributed by atoms with E-state index >= 15 is 0 Å². The molecule has 0 bridgehead atoms. The van der Waals surface area contributed by atoms with Crippen LogP contribution in [0.1, 0.15) is 50.8 Å². The minimum atomic E-state index is 0.112. The van der Waals surface area contributed by atoms with Crippen molar-refractivity contribution in [2.24, 2.45) is 0 Å². The highest BCUT2D eigenvalue weighted by atomic mass is 16.5. The molecule has 2 rings (SSSR count). The van der Waals surface area contributed by atoms with Gasteiger partial charge >= 0.3 is 0 Å². The standard InChI is InChI=1S/C16H25NO2/c1-6-9-17-11-10-16(2,3)15-13(19-5)8-7-12(18-4)14(11)15/h7-8,11,17H,6,9-10H2,1-5H3. The Kier molecular flexibility index (Phi) is 4.04. The first-order valence-corrected chi connectivity index (χ1v) is 7.04. The van der Waals surface area contributed by atoms with E-state index in [0.29, 0.717) is 6.04 Å². The maximum absolute atomic E-state index is 5.56. The molecule has 1 aliphatic carbocycles. The van der Waals surface area contributed by atoms with Crippen molar-refractivity contribution in [3.63, 3.8) is 0 Å². The molecule has 1 aromatic rings. The second-order valence-corrected chi connectivity index (χ2v) is 5.85. The molecule has 0 saturated heterocycles. The molecule has 0 aliphatic heterocycles. The molecule has 0 radical (unpaired) electrons. The third-order valence-electron chi connectivity index (χ3n) is 3.99. The van der Waals surface area contributed by atoms with E-state index in [0.717, 1.165) is 30.9 Å². The molecule has 106 valence electrons. The van der Waals surface area contributed by atoms with Crippen molar-refractivity contribution in [3.05, 3.63) is 23.3 Å². The minimum Gasteiger partial charge on any atom is -0.496 e. The normalized spacial score (nSPS) is 20.2. The Morgan fingerprint density at radius 1 is 1.21 bits per heavy atom. The maximum Gasteiger partial charge on any atom is 0.124 e. The molecule has 1 unspecified atom stereocenters. The van der Waals surface area contributed by atoms with Crippen LogP contribution in [0.4, 0.5) is 0 Å². The third kappa shape index (κ3) is 2.44. The van der Waals surface area contributed by atoms with Crippen molar-refractivity contribution in [1.29, 1.82) is 0 Å². The molecule has 1 aromatic carbocycles. The molecular formula is C16H25NO2. The van der Waals surface area contributed by atoms with E-state index in [1.165, 1.54) is 11.1 Å². The molecule has 0 amide bonds. The molecule has 0 saturated carbocycles. The van der Waals surface area contributed by atoms with Gasteiger partial charge in [-0.15, -0.1) is 0 Å². The summed E-state index contributed by atoms with van der Waals surface area (Å²) in [7, 11) is 3.48. The predicted molar refractivity (Wildman–Crippen MR) is 78.2 cm³/mol. The molecule has 0 aromatic heterocycles. The molecule has 19 heavy (non-hydrogen) atoms. The summed E-state index contributed by atoms with van der Waals surface area (Å²) in [6, 6.07) is 4.39. The Morgan fingerprint density at radius 2 is 1.84 bits per heavy atom. The fourth-order valence-corrected chi connectivity index (χ4v) is 3.18. The Labute approximate surface area is 116 Å². The number of nitrogens with one attached hydrogen (secondary N) is 1. The topological polar surface area (TPSA) is 30.5 Å². The summed E-state index contributed by atoms with van der Waals surface area (Å²) in [4.78, 5) is 0. The number of benzene rings is 1. The molecule has 0 fully saturated rings. The number of hydrogen-bond acceptors (Lipinski definition) is 3. The second-order valence-electron chi connectivity index (χ2n) is 5.85. The molecule has 3 heteroatoms. The summed E-state index contributed by atoms with van der Waals surface area (Å²) in [5.74, 6) is 1.94. The molecule has 0 spiro atoms. The van der Waals surface area contributed by atoms with Gasteiger partial charge in [-0.3, -0.25) is 0 Å². The van der Waals surface area contributed by atoms with Crippen LogP contribution in [0.15, 0.2) is 12.1 Å². The number of rotatable bonds is 5. The van der Waals surface area contributed by atoms with E-state index < -0.39 is 0 Å². The van der Waals surface area contributed by atoms with Gasteiger partial charge in [0.1, 0.15) is 11.5 Å². The van der Waals surface area contributed by atoms with Crippen LogP contribution in [0.3, 0.4) is 0 Å². The third-order valence-corrected chi connectivity index (χ3v) is 3.99. The molecule has 1 aliphatic rings. The quantitative estimate of drug-likeness (QED) is 0.883. The van der Waals surface area contributed by atoms with Crippen molar-refractivity contribution in [2.75, 3.05) is 20.8 Å². The highest BCUT2D eigenvalue weighted by molar-refractivity contribution is 5.57. The summed E-state index contributed by atoms with van der Waals surface area (Å²) in [5.41, 5.74) is 2.68. The van der Waals surface area contributed by atoms with E-state index in [4.69, 9.17) is 9.47 Å². The Hall–Kier alpha value is -1.22. The van der Waals surface area contributed by atoms with Gasteiger partial charge in [-0.2, -0.15) is 0 Å². The second kappa shape index (κ2) is 5.41. The van der Waals surface area contributed by atoms with Gasteiger partial charge in [0.05, 0.1) is 14.2 Å². The first-order chi connectivity index (χ1) is 9.05. The van der Waals surface area contributed by atoms with Crippen LogP contribution in [0.2, 0.25) is 0 Å². The first-order valence-electron chi connectivity index (χ1n) is 7.04. The van der Waals surface area contributed by atoms with Gasteiger partial charge in [0.25, 0.3) is 0 Å². The maximum atomic E-state index is 5.56. The average molecular weight is 263 g/mol. The fraction of sp³-hybridized carbons (Fsp3) is 0.625. The lowest BCUT2D eigenvalue weighted by molar-refractivity contribution is 0.386. The monoisotopic (exact) mass is 263 g/mol. The highest BCUT2D eigenvalue weighted by Crippen LogP contribution is 2.52. The van der Waals surface area contributed by atoms with Gasteiger partial charge in [-0.05, 0) is 36.9 Å². The summed E-state index contributed by atoms with van der Waals surface area (Å²) in [6.45, 7) is 7.78. The zero-order chi connectivity index (χ0) is 14.0. The van der Waals surface area contributed by atoms with E-state index in [1.54, 1.807) is 14.2 Å². The van der Waals surface area contributed by atoms with E-state index in [9.17, 15) is 0 Å². The van der Waals surface area contributed by atoms with E-state index in [2.05, 4.69) is 26.1 Å². The van der Waals surface area contributed by atoms with Crippen LogP contribution in [0.25, 0.3) is 0 Å². The van der Waals surface area contributed by atoms with Crippen LogP contribution in [-0.4, -0.2) is 20.8 Å². The minimum absolute atomic E-state index is 0.112. The Balaban J connectivity index is 2.51. The number of fused-ring (bicyclic) bond motifs is 1. The number of methoxy groups -OCH3 is 2. The van der Waals surface area contributed by atoms with Crippen molar-refractivity contribution in [3.8, 4) is 11.5 Å². The average Bonchev–Trinajstić information content (AvgIpc) is 2.68. The van der Waals surface area contributed by atoms with Crippen molar-refractivity contribution in [2.45, 2.75) is 45.1 Å². The molecule has 0 heterocycles. The van der Waals surface area contributed by atoms with Gasteiger partial charge in [0.2, 0.25) is 0 Å². The van der Waals surface area contributed by atoms with E-state index in [1.807, 2.05) is 12.1 Å². The lowest BCUT2D eigenvalue weighted by Crippen LogP contribution is -2.22. The molecule has 1 N–H and O–H groups in total. The summed E-state index contributed by atoms with van der Waals surface area (Å²) in [6.07, 6.45) is 2.22. The fourth-order valence-electron chi connectivity index (χ4n) is 3.18. The molecular weight excluding hydrogens is 238 g/mol. The summed E-state index contributed by atoms with van der Waals surface area (Å²) < 4.78 is 11.1. The lowest BCUT2D eigenvalue weighted by Gasteiger charge is -2.21. The van der Waals surface area contributed by atoms with Crippen molar-refractivity contribution >= 4 is 0 Å². The lowest BCUT2D eigenvalue weighted by atomic mass is 9.85. The van der Waals surface area contributed by atoms with Gasteiger partial charge in [-0.1, -0.05) is 20.8 Å². The largest absolute Gasteiger partial charge is 0.496 e. The SMILES string of the molecule is CCCNC1CC(C)(C)c2c(OC)ccc(OC)c21. The van der Waals surface area contributed by atoms with Crippen molar-refractivity contribution < 1.29 is 9.47 Å². The van der Waals surface area contributed by atoms with Crippen LogP contribution in [0, 0.1) is 0 Å². The highest BCUT2D eigenvalue weighted by Gasteiger charge is 2.41. The molecule has 3 nitrogen and oxygen atoms in total. The van der Waals surface area contributed by atoms with Crippen LogP contribution in [-0.2, 0) is 5.41 Å². The number of hydrogen-bond donors (Lipinski definition) is 1.